The van der Waals surface area contributed by atoms with Crippen molar-refractivity contribution in [2.45, 2.75) is 11.8 Å². The van der Waals surface area contributed by atoms with Crippen LogP contribution in [-0.2, 0) is 0 Å². The Morgan fingerprint density at radius 2 is 1.33 bits per heavy atom. The van der Waals surface area contributed by atoms with Crippen LogP contribution in [-0.4, -0.2) is 13.3 Å². The van der Waals surface area contributed by atoms with Crippen molar-refractivity contribution in [3.8, 4) is 0 Å². The fraction of sp³-hybridized carbons (Fsp3) is 0.136. The van der Waals surface area contributed by atoms with Crippen molar-refractivity contribution in [2.24, 2.45) is 0 Å². The summed E-state index contributed by atoms with van der Waals surface area (Å²) in [6.07, 6.45) is 1.54. The third-order valence-electron chi connectivity index (χ3n) is 5.53. The Morgan fingerprint density at radius 3 is 1.92 bits per heavy atom. The number of hydrogen-bond acceptors (Lipinski definition) is 2. The molecule has 116 valence electrons. The Kier molecular flexibility index (Phi) is 2.72. The van der Waals surface area contributed by atoms with Gasteiger partial charge < -0.3 is 10.7 Å². The van der Waals surface area contributed by atoms with Crippen molar-refractivity contribution in [2.75, 3.05) is 7.05 Å². The van der Waals surface area contributed by atoms with Crippen LogP contribution in [0.2, 0.25) is 0 Å². The van der Waals surface area contributed by atoms with E-state index in [4.69, 9.17) is 5.41 Å². The first-order valence-corrected chi connectivity index (χ1v) is 8.37. The van der Waals surface area contributed by atoms with Gasteiger partial charge >= 0.3 is 0 Å². The van der Waals surface area contributed by atoms with Crippen LogP contribution in [0.1, 0.15) is 34.1 Å². The molecule has 0 fully saturated rings. The highest BCUT2D eigenvalue weighted by atomic mass is 14.9. The van der Waals surface area contributed by atoms with Gasteiger partial charge in [0, 0.05) is 36.4 Å². The third-order valence-corrected chi connectivity index (χ3v) is 5.53. The van der Waals surface area contributed by atoms with Crippen LogP contribution in [0.15, 0.2) is 71.9 Å². The average molecular weight is 310 g/mol. The topological polar surface area (TPSA) is 35.9 Å². The molecule has 2 bridgehead atoms. The van der Waals surface area contributed by atoms with E-state index in [1.54, 1.807) is 0 Å². The van der Waals surface area contributed by atoms with Gasteiger partial charge in [-0.3, -0.25) is 0 Å². The Balaban J connectivity index is 1.89. The summed E-state index contributed by atoms with van der Waals surface area (Å²) in [7, 11) is 1.98. The second kappa shape index (κ2) is 4.81. The number of allylic oxidation sites excluding steroid dienone is 2. The minimum atomic E-state index is 0.158. The molecule has 3 aromatic carbocycles. The first-order chi connectivity index (χ1) is 11.8. The number of rotatable bonds is 2. The fourth-order valence-electron chi connectivity index (χ4n) is 4.57. The maximum absolute atomic E-state index is 8.01. The smallest absolute Gasteiger partial charge is 0.0497 e. The van der Waals surface area contributed by atoms with Crippen molar-refractivity contribution < 1.29 is 0 Å². The van der Waals surface area contributed by atoms with Crippen molar-refractivity contribution in [3.05, 3.63) is 94.2 Å². The molecular weight excluding hydrogens is 292 g/mol. The molecular formula is C22H18N2. The Hall–Kier alpha value is -2.87. The Morgan fingerprint density at radius 1 is 0.792 bits per heavy atom. The van der Waals surface area contributed by atoms with Crippen LogP contribution in [0.3, 0.4) is 0 Å². The molecule has 6 rings (SSSR count). The summed E-state index contributed by atoms with van der Waals surface area (Å²) in [6, 6.07) is 21.9. The normalized spacial score (nSPS) is 20.7. The number of nitrogens with one attached hydrogen (secondary N) is 2. The molecule has 24 heavy (non-hydrogen) atoms. The predicted molar refractivity (Wildman–Crippen MR) is 98.9 cm³/mol. The van der Waals surface area contributed by atoms with Crippen LogP contribution in [0, 0.1) is 5.41 Å². The summed E-state index contributed by atoms with van der Waals surface area (Å²) in [5.41, 5.74) is 7.74. The summed E-state index contributed by atoms with van der Waals surface area (Å²) in [5, 5.41) is 14.0. The van der Waals surface area contributed by atoms with Crippen LogP contribution >= 0.6 is 0 Å². The van der Waals surface area contributed by atoms with E-state index in [-0.39, 0.29) is 11.8 Å². The molecule has 0 heterocycles. The standard InChI is InChI=1S/C22H18N2/c1-24-22-19(12-23)20-15-8-4-5-9-16(15)21(22)18-11-14-7-3-2-6-13(14)10-17(18)20/h2-12,20-21,23-24H,1H3. The Labute approximate surface area is 141 Å². The lowest BCUT2D eigenvalue weighted by molar-refractivity contribution is 0.700. The van der Waals surface area contributed by atoms with Gasteiger partial charge in [0.25, 0.3) is 0 Å². The highest BCUT2D eigenvalue weighted by molar-refractivity contribution is 5.90. The summed E-state index contributed by atoms with van der Waals surface area (Å²) in [4.78, 5) is 0. The molecule has 0 spiro atoms. The molecule has 2 heteroatoms. The van der Waals surface area contributed by atoms with Crippen LogP contribution in [0.4, 0.5) is 0 Å². The zero-order chi connectivity index (χ0) is 16.3. The van der Waals surface area contributed by atoms with Gasteiger partial charge in [0.05, 0.1) is 0 Å². The largest absolute Gasteiger partial charge is 0.390 e. The van der Waals surface area contributed by atoms with Crippen LogP contribution < -0.4 is 5.32 Å². The van der Waals surface area contributed by atoms with Gasteiger partial charge in [-0.2, -0.15) is 0 Å². The van der Waals surface area contributed by atoms with E-state index in [1.165, 1.54) is 44.9 Å². The molecule has 3 aliphatic rings. The molecule has 2 nitrogen and oxygen atoms in total. The number of benzene rings is 3. The third kappa shape index (κ3) is 1.58. The van der Waals surface area contributed by atoms with Gasteiger partial charge in [0.2, 0.25) is 0 Å². The van der Waals surface area contributed by atoms with Gasteiger partial charge in [0.1, 0.15) is 0 Å². The maximum atomic E-state index is 8.01. The summed E-state index contributed by atoms with van der Waals surface area (Å²) in [6.45, 7) is 0. The lowest BCUT2D eigenvalue weighted by Gasteiger charge is -2.42. The van der Waals surface area contributed by atoms with Gasteiger partial charge in [-0.15, -0.1) is 0 Å². The van der Waals surface area contributed by atoms with E-state index in [2.05, 4.69) is 66.0 Å². The second-order valence-electron chi connectivity index (χ2n) is 6.59. The molecule has 2 unspecified atom stereocenters. The van der Waals surface area contributed by atoms with Gasteiger partial charge in [0.15, 0.2) is 0 Å². The van der Waals surface area contributed by atoms with E-state index < -0.39 is 0 Å². The van der Waals surface area contributed by atoms with Crippen LogP contribution in [0.25, 0.3) is 10.8 Å². The monoisotopic (exact) mass is 310 g/mol. The lowest BCUT2D eigenvalue weighted by atomic mass is 9.62. The SMILES string of the molecule is CNC1=C(C=N)C2c3ccccc3C1c1cc3ccccc3cc12. The summed E-state index contributed by atoms with van der Waals surface area (Å²) >= 11 is 0. The second-order valence-corrected chi connectivity index (χ2v) is 6.59. The van der Waals surface area contributed by atoms with E-state index in [0.29, 0.717) is 0 Å². The van der Waals surface area contributed by atoms with Crippen molar-refractivity contribution in [3.63, 3.8) is 0 Å². The van der Waals surface area contributed by atoms with E-state index in [1.807, 2.05) is 7.05 Å². The molecule has 3 aromatic rings. The van der Waals surface area contributed by atoms with Crippen LogP contribution in [0.5, 0.6) is 0 Å². The highest BCUT2D eigenvalue weighted by Crippen LogP contribution is 2.54. The quantitative estimate of drug-likeness (QED) is 0.669. The molecule has 2 N–H and O–H groups in total. The zero-order valence-electron chi connectivity index (χ0n) is 13.5. The van der Waals surface area contributed by atoms with Crippen molar-refractivity contribution in [1.29, 1.82) is 5.41 Å². The summed E-state index contributed by atoms with van der Waals surface area (Å²) in [5.74, 6) is 0.359. The molecule has 0 radical (unpaired) electrons. The first kappa shape index (κ1) is 13.6. The minimum absolute atomic E-state index is 0.158. The zero-order valence-corrected chi connectivity index (χ0v) is 13.5. The molecule has 0 aromatic heterocycles. The average Bonchev–Trinajstić information content (AvgIpc) is 2.65. The molecule has 0 amide bonds. The van der Waals surface area contributed by atoms with E-state index in [0.717, 1.165) is 5.57 Å². The molecule has 2 atom stereocenters. The Bertz CT molecular complexity index is 1030. The number of fused-ring (bicyclic) bond motifs is 1. The molecule has 3 aliphatic carbocycles. The van der Waals surface area contributed by atoms with Gasteiger partial charge in [-0.1, -0.05) is 48.5 Å². The van der Waals surface area contributed by atoms with E-state index in [9.17, 15) is 0 Å². The summed E-state index contributed by atoms with van der Waals surface area (Å²) < 4.78 is 0. The highest BCUT2D eigenvalue weighted by Gasteiger charge is 2.42. The molecule has 0 aliphatic heterocycles. The number of hydrogen-bond donors (Lipinski definition) is 2. The fourth-order valence-corrected chi connectivity index (χ4v) is 4.57. The van der Waals surface area contributed by atoms with E-state index >= 15 is 0 Å². The van der Waals surface area contributed by atoms with Gasteiger partial charge in [-0.25, -0.2) is 0 Å². The predicted octanol–water partition coefficient (Wildman–Crippen LogP) is 4.55. The lowest BCUT2D eigenvalue weighted by Crippen LogP contribution is -2.33. The molecule has 0 saturated carbocycles. The molecule has 0 saturated heterocycles. The first-order valence-electron chi connectivity index (χ1n) is 8.37. The van der Waals surface area contributed by atoms with Crippen molar-refractivity contribution in [1.82, 2.24) is 5.32 Å². The number of likely N-dealkylation sites (N-methyl/N-ethyl adjacent to an activating group) is 1. The maximum Gasteiger partial charge on any atom is 0.0497 e. The van der Waals surface area contributed by atoms with Crippen molar-refractivity contribution >= 4 is 17.0 Å². The minimum Gasteiger partial charge on any atom is -0.390 e. The van der Waals surface area contributed by atoms with Gasteiger partial charge in [-0.05, 0) is 45.2 Å².